The molecule has 184 valence electrons. The number of aromatic nitrogens is 1. The zero-order valence-corrected chi connectivity index (χ0v) is 21.7. The first kappa shape index (κ1) is 25.9. The van der Waals surface area contributed by atoms with E-state index in [-0.39, 0.29) is 14.1 Å². The molecule has 1 aliphatic rings. The highest BCUT2D eigenvalue weighted by Crippen LogP contribution is 2.28. The summed E-state index contributed by atoms with van der Waals surface area (Å²) < 4.78 is 0. The van der Waals surface area contributed by atoms with Gasteiger partial charge in [-0.15, -0.1) is 11.3 Å². The number of thiazole rings is 1. The molecule has 34 heavy (non-hydrogen) atoms. The van der Waals surface area contributed by atoms with Crippen LogP contribution in [0.15, 0.2) is 61.2 Å². The highest BCUT2D eigenvalue weighted by atomic mass is 32.1. The fourth-order valence-corrected chi connectivity index (χ4v) is 5.06. The number of hydrogen-bond acceptors (Lipinski definition) is 6. The molecule has 3 aromatic rings. The van der Waals surface area contributed by atoms with Gasteiger partial charge in [0.1, 0.15) is 5.01 Å². The first-order chi connectivity index (χ1) is 16.5. The van der Waals surface area contributed by atoms with Gasteiger partial charge in [0.25, 0.3) is 0 Å². The Labute approximate surface area is 210 Å². The van der Waals surface area contributed by atoms with Gasteiger partial charge in [0.15, 0.2) is 0 Å². The quantitative estimate of drug-likeness (QED) is 0.455. The monoisotopic (exact) mass is 480 g/mol. The molecule has 0 spiro atoms. The molecule has 0 aliphatic carbocycles. The first-order valence-corrected chi connectivity index (χ1v) is 13.0. The van der Waals surface area contributed by atoms with E-state index in [1.165, 1.54) is 16.1 Å². The van der Waals surface area contributed by atoms with Gasteiger partial charge in [-0.1, -0.05) is 62.9 Å². The molecule has 0 radical (unpaired) electrons. The number of benzene rings is 2. The van der Waals surface area contributed by atoms with Crippen molar-refractivity contribution < 1.29 is 6.53 Å². The lowest BCUT2D eigenvalue weighted by atomic mass is 10.1. The molecule has 2 heterocycles. The van der Waals surface area contributed by atoms with Crippen LogP contribution in [0, 0.1) is 6.92 Å². The fraction of sp³-hybridized carbons (Fsp3) is 0.393. The number of aryl methyl sites for hydroxylation is 1. The number of nitrogens with one attached hydrogen (secondary N) is 1. The maximum atomic E-state index is 9.85. The number of hydrogen-bond donors (Lipinski definition) is 2. The van der Waals surface area contributed by atoms with E-state index >= 15 is 0 Å². The molecule has 5 nitrogen and oxygen atoms in total. The molecule has 6 heteroatoms. The average Bonchev–Trinajstić information content (AvgIpc) is 3.25. The zero-order valence-electron chi connectivity index (χ0n) is 20.9. The van der Waals surface area contributed by atoms with E-state index in [1.54, 1.807) is 11.3 Å². The van der Waals surface area contributed by atoms with E-state index in [0.717, 1.165) is 54.6 Å². The van der Waals surface area contributed by atoms with Crippen molar-refractivity contribution in [2.75, 3.05) is 44.7 Å². The Morgan fingerprint density at radius 3 is 2.50 bits per heavy atom. The lowest BCUT2D eigenvalue weighted by molar-refractivity contribution is 0.256. The van der Waals surface area contributed by atoms with E-state index in [2.05, 4.69) is 59.9 Å². The van der Waals surface area contributed by atoms with Gasteiger partial charge in [-0.25, -0.2) is 4.98 Å². The normalized spacial score (nSPS) is 14.8. The first-order valence-electron chi connectivity index (χ1n) is 12.1. The van der Waals surface area contributed by atoms with Crippen LogP contribution < -0.4 is 10.2 Å². The predicted molar refractivity (Wildman–Crippen MR) is 148 cm³/mol. The van der Waals surface area contributed by atoms with Crippen LogP contribution in [0.25, 0.3) is 5.70 Å². The van der Waals surface area contributed by atoms with Gasteiger partial charge in [-0.2, -0.15) is 0 Å². The van der Waals surface area contributed by atoms with Crippen molar-refractivity contribution in [1.29, 1.82) is 0 Å². The summed E-state index contributed by atoms with van der Waals surface area (Å²) in [5, 5.41) is 14.1. The van der Waals surface area contributed by atoms with Gasteiger partial charge in [0.05, 0.1) is 24.0 Å². The molecule has 1 atom stereocenters. The van der Waals surface area contributed by atoms with Crippen molar-refractivity contribution in [1.82, 2.24) is 15.2 Å². The second-order valence-electron chi connectivity index (χ2n) is 8.43. The summed E-state index contributed by atoms with van der Waals surface area (Å²) in [6, 6.07) is 18.6. The summed E-state index contributed by atoms with van der Waals surface area (Å²) >= 11 is 1.68. The van der Waals surface area contributed by atoms with E-state index in [0.29, 0.717) is 0 Å². The second kappa shape index (κ2) is 12.7. The summed E-state index contributed by atoms with van der Waals surface area (Å²) in [4.78, 5) is 10.9. The summed E-state index contributed by atoms with van der Waals surface area (Å²) in [6.45, 7) is 14.6. The molecule has 1 saturated heterocycles. The van der Waals surface area contributed by atoms with E-state index < -0.39 is 0 Å². The van der Waals surface area contributed by atoms with E-state index in [9.17, 15) is 5.11 Å². The molecule has 0 amide bonds. The molecular weight excluding hydrogens is 440 g/mol. The van der Waals surface area contributed by atoms with Crippen LogP contribution >= 0.6 is 11.3 Å². The Kier molecular flexibility index (Phi) is 9.69. The van der Waals surface area contributed by atoms with Gasteiger partial charge in [-0.05, 0) is 37.2 Å². The number of aliphatic hydroxyl groups is 1. The largest absolute Gasteiger partial charge is 0.394 e. The molecule has 2 aromatic carbocycles. The molecule has 4 rings (SSSR count). The predicted octanol–water partition coefficient (Wildman–Crippen LogP) is 5.36. The molecule has 0 bridgehead atoms. The third kappa shape index (κ3) is 6.69. The molecule has 1 aromatic heterocycles. The van der Waals surface area contributed by atoms with Crippen molar-refractivity contribution in [2.24, 2.45) is 0 Å². The maximum Gasteiger partial charge on any atom is 0.139 e. The van der Waals surface area contributed by atoms with Crippen LogP contribution in [-0.2, 0) is 6.42 Å². The minimum Gasteiger partial charge on any atom is -0.394 e. The van der Waals surface area contributed by atoms with Crippen LogP contribution in [0.1, 0.15) is 48.0 Å². The zero-order chi connectivity index (χ0) is 24.5. The standard InChI is InChI=1S/C26H32N4OS.C2H6.H2/c1-19-25(17-21-8-7-11-23(16-21)30-14-12-29(3)13-15-30)32-26(28-19)20(2)27-24(18-31)22-9-5-4-6-10-22;1-2;/h4-11,16,24,27,31H,2,12-15,17-18H2,1,3H3;1-2H3;1H. The van der Waals surface area contributed by atoms with Gasteiger partial charge in [0, 0.05) is 44.6 Å². The number of nitrogens with zero attached hydrogens (tertiary/aromatic N) is 3. The molecule has 1 unspecified atom stereocenters. The highest BCUT2D eigenvalue weighted by Gasteiger charge is 2.17. The average molecular weight is 481 g/mol. The highest BCUT2D eigenvalue weighted by molar-refractivity contribution is 7.12. The van der Waals surface area contributed by atoms with Crippen molar-refractivity contribution in [2.45, 2.75) is 33.2 Å². The third-order valence-corrected chi connectivity index (χ3v) is 7.24. The fourth-order valence-electron chi connectivity index (χ4n) is 4.03. The lowest BCUT2D eigenvalue weighted by Gasteiger charge is -2.34. The number of anilines is 1. The molecule has 1 aliphatic heterocycles. The van der Waals surface area contributed by atoms with Crippen LogP contribution in [0.5, 0.6) is 0 Å². The van der Waals surface area contributed by atoms with Gasteiger partial charge in [0.2, 0.25) is 0 Å². The van der Waals surface area contributed by atoms with Gasteiger partial charge >= 0.3 is 0 Å². The second-order valence-corrected chi connectivity index (χ2v) is 9.52. The minimum absolute atomic E-state index is 0. The Balaban J connectivity index is 0.00000140. The van der Waals surface area contributed by atoms with Crippen LogP contribution in [0.2, 0.25) is 0 Å². The summed E-state index contributed by atoms with van der Waals surface area (Å²) in [5.41, 5.74) is 5.43. The van der Waals surface area contributed by atoms with Crippen molar-refractivity contribution >= 4 is 22.7 Å². The Morgan fingerprint density at radius 1 is 1.12 bits per heavy atom. The number of piperazine rings is 1. The van der Waals surface area contributed by atoms with Crippen LogP contribution in [0.4, 0.5) is 5.69 Å². The van der Waals surface area contributed by atoms with E-state index in [1.807, 2.05) is 44.2 Å². The molecule has 2 N–H and O–H groups in total. The lowest BCUT2D eigenvalue weighted by Crippen LogP contribution is -2.44. The molecular formula is C28H40N4OS. The van der Waals surface area contributed by atoms with Crippen LogP contribution in [-0.4, -0.2) is 54.8 Å². The SMILES string of the molecule is C=C(NC(CO)c1ccccc1)c1nc(C)c(Cc2cccc(N3CCN(C)CC3)c2)s1.CC.[HH]. The van der Waals surface area contributed by atoms with E-state index in [4.69, 9.17) is 4.98 Å². The summed E-state index contributed by atoms with van der Waals surface area (Å²) in [6.07, 6.45) is 0.862. The number of likely N-dealkylation sites (N-methyl/N-ethyl adjacent to an activating group) is 1. The summed E-state index contributed by atoms with van der Waals surface area (Å²) in [5.74, 6) is 0. The smallest absolute Gasteiger partial charge is 0.139 e. The Hall–Kier alpha value is -2.67. The topological polar surface area (TPSA) is 51.6 Å². The van der Waals surface area contributed by atoms with Crippen molar-refractivity contribution in [3.8, 4) is 0 Å². The minimum atomic E-state index is -0.198. The van der Waals surface area contributed by atoms with Gasteiger partial charge < -0.3 is 20.2 Å². The van der Waals surface area contributed by atoms with Crippen LogP contribution in [0.3, 0.4) is 0 Å². The summed E-state index contributed by atoms with van der Waals surface area (Å²) in [7, 11) is 2.18. The molecule has 0 saturated carbocycles. The third-order valence-electron chi connectivity index (χ3n) is 6.03. The van der Waals surface area contributed by atoms with Crippen molar-refractivity contribution in [3.05, 3.63) is 87.9 Å². The Morgan fingerprint density at radius 2 is 1.82 bits per heavy atom. The molecule has 1 fully saturated rings. The van der Waals surface area contributed by atoms with Crippen molar-refractivity contribution in [3.63, 3.8) is 0 Å². The Bertz CT molecular complexity index is 1050. The maximum absolute atomic E-state index is 9.85. The number of rotatable bonds is 8. The number of aliphatic hydroxyl groups excluding tert-OH is 1. The van der Waals surface area contributed by atoms with Gasteiger partial charge in [-0.3, -0.25) is 0 Å².